The van der Waals surface area contributed by atoms with E-state index in [0.29, 0.717) is 0 Å². The summed E-state index contributed by atoms with van der Waals surface area (Å²) in [6.07, 6.45) is 6.70. The van der Waals surface area contributed by atoms with Crippen LogP contribution in [-0.4, -0.2) is 30.4 Å². The Morgan fingerprint density at radius 2 is 2.20 bits per heavy atom. The van der Waals surface area contributed by atoms with Crippen molar-refractivity contribution in [2.24, 2.45) is 11.8 Å². The van der Waals surface area contributed by atoms with Gasteiger partial charge in [0, 0.05) is 12.4 Å². The third-order valence-corrected chi connectivity index (χ3v) is 3.94. The molecule has 1 heterocycles. The summed E-state index contributed by atoms with van der Waals surface area (Å²) >= 11 is 5.75. The van der Waals surface area contributed by atoms with Crippen molar-refractivity contribution in [2.75, 3.05) is 25.5 Å². The van der Waals surface area contributed by atoms with Gasteiger partial charge < -0.3 is 4.90 Å². The first-order chi connectivity index (χ1) is 7.26. The van der Waals surface area contributed by atoms with Gasteiger partial charge in [0.2, 0.25) is 0 Å². The van der Waals surface area contributed by atoms with Crippen LogP contribution in [0.25, 0.3) is 0 Å². The van der Waals surface area contributed by atoms with Crippen LogP contribution in [0.3, 0.4) is 0 Å². The van der Waals surface area contributed by atoms with Gasteiger partial charge in [-0.15, -0.1) is 11.6 Å². The lowest BCUT2D eigenvalue weighted by Gasteiger charge is -2.32. The van der Waals surface area contributed by atoms with Gasteiger partial charge in [-0.3, -0.25) is 0 Å². The van der Waals surface area contributed by atoms with Crippen LogP contribution in [0.4, 0.5) is 0 Å². The summed E-state index contributed by atoms with van der Waals surface area (Å²) in [5.41, 5.74) is 0. The molecule has 0 aromatic rings. The van der Waals surface area contributed by atoms with Crippen molar-refractivity contribution in [2.45, 2.75) is 46.0 Å². The number of hydrogen-bond acceptors (Lipinski definition) is 1. The minimum Gasteiger partial charge on any atom is -0.303 e. The second kappa shape index (κ2) is 7.51. The molecule has 0 spiro atoms. The van der Waals surface area contributed by atoms with Crippen molar-refractivity contribution in [3.8, 4) is 0 Å². The van der Waals surface area contributed by atoms with E-state index in [2.05, 4.69) is 18.7 Å². The lowest BCUT2D eigenvalue weighted by molar-refractivity contribution is 0.163. The van der Waals surface area contributed by atoms with Crippen LogP contribution >= 0.6 is 11.6 Å². The normalized spacial score (nSPS) is 25.4. The first-order valence-electron chi connectivity index (χ1n) is 6.54. The van der Waals surface area contributed by atoms with Crippen LogP contribution in [0, 0.1) is 11.8 Å². The number of likely N-dealkylation sites (tertiary alicyclic amines) is 1. The van der Waals surface area contributed by atoms with E-state index in [1.807, 2.05) is 0 Å². The largest absolute Gasteiger partial charge is 0.303 e. The molecule has 2 unspecified atom stereocenters. The second-order valence-corrected chi connectivity index (χ2v) is 5.47. The van der Waals surface area contributed by atoms with Crippen molar-refractivity contribution in [1.82, 2.24) is 4.90 Å². The van der Waals surface area contributed by atoms with Crippen LogP contribution in [0.15, 0.2) is 0 Å². The summed E-state index contributed by atoms with van der Waals surface area (Å²) in [5, 5.41) is 0. The Labute approximate surface area is 100 Å². The maximum Gasteiger partial charge on any atom is 0.0225 e. The van der Waals surface area contributed by atoms with Gasteiger partial charge >= 0.3 is 0 Å². The Balaban J connectivity index is 2.14. The molecule has 0 saturated carbocycles. The Hall–Kier alpha value is 0.250. The first-order valence-corrected chi connectivity index (χ1v) is 7.08. The molecule has 0 aliphatic carbocycles. The van der Waals surface area contributed by atoms with Gasteiger partial charge in [0.05, 0.1) is 0 Å². The van der Waals surface area contributed by atoms with Crippen LogP contribution in [0.5, 0.6) is 0 Å². The average molecular weight is 232 g/mol. The Bertz CT molecular complexity index is 161. The molecule has 1 rings (SSSR count). The molecule has 2 atom stereocenters. The number of hydrogen-bond donors (Lipinski definition) is 0. The van der Waals surface area contributed by atoms with Gasteiger partial charge in [0.15, 0.2) is 0 Å². The highest BCUT2D eigenvalue weighted by molar-refractivity contribution is 6.17. The van der Waals surface area contributed by atoms with Crippen LogP contribution in [0.2, 0.25) is 0 Å². The minimum absolute atomic E-state index is 0.796. The number of piperidine rings is 1. The fraction of sp³-hybridized carbons (Fsp3) is 1.00. The predicted molar refractivity (Wildman–Crippen MR) is 68.6 cm³/mol. The molecule has 1 aliphatic heterocycles. The van der Waals surface area contributed by atoms with Crippen LogP contribution in [-0.2, 0) is 0 Å². The summed E-state index contributed by atoms with van der Waals surface area (Å²) in [7, 11) is 0. The van der Waals surface area contributed by atoms with Crippen molar-refractivity contribution in [3.63, 3.8) is 0 Å². The van der Waals surface area contributed by atoms with E-state index in [4.69, 9.17) is 11.6 Å². The molecule has 1 saturated heterocycles. The van der Waals surface area contributed by atoms with Gasteiger partial charge in [-0.1, -0.05) is 20.3 Å². The molecule has 15 heavy (non-hydrogen) atoms. The molecule has 0 radical (unpaired) electrons. The van der Waals surface area contributed by atoms with Crippen molar-refractivity contribution >= 4 is 11.6 Å². The van der Waals surface area contributed by atoms with E-state index in [1.165, 1.54) is 51.7 Å². The predicted octanol–water partition coefficient (Wildman–Crippen LogP) is 3.76. The van der Waals surface area contributed by atoms with Crippen LogP contribution in [0.1, 0.15) is 46.0 Å². The molecular formula is C13H26ClN. The van der Waals surface area contributed by atoms with Gasteiger partial charge in [0.25, 0.3) is 0 Å². The zero-order valence-corrected chi connectivity index (χ0v) is 11.1. The molecule has 0 aromatic heterocycles. The Morgan fingerprint density at radius 3 is 2.87 bits per heavy atom. The third kappa shape index (κ3) is 5.21. The summed E-state index contributed by atoms with van der Waals surface area (Å²) < 4.78 is 0. The Morgan fingerprint density at radius 1 is 1.40 bits per heavy atom. The minimum atomic E-state index is 0.796. The third-order valence-electron chi connectivity index (χ3n) is 3.72. The lowest BCUT2D eigenvalue weighted by atomic mass is 9.95. The Kier molecular flexibility index (Phi) is 6.67. The monoisotopic (exact) mass is 231 g/mol. The van der Waals surface area contributed by atoms with E-state index in [9.17, 15) is 0 Å². The van der Waals surface area contributed by atoms with Gasteiger partial charge in [-0.2, -0.15) is 0 Å². The topological polar surface area (TPSA) is 3.24 Å². The highest BCUT2D eigenvalue weighted by atomic mass is 35.5. The van der Waals surface area contributed by atoms with Crippen LogP contribution < -0.4 is 0 Å². The molecule has 1 fully saturated rings. The van der Waals surface area contributed by atoms with Gasteiger partial charge in [0.1, 0.15) is 0 Å². The number of nitrogens with zero attached hydrogens (tertiary/aromatic N) is 1. The quantitative estimate of drug-likeness (QED) is 0.630. The van der Waals surface area contributed by atoms with Crippen molar-refractivity contribution < 1.29 is 0 Å². The molecule has 2 heteroatoms. The maximum absolute atomic E-state index is 5.75. The zero-order chi connectivity index (χ0) is 11.1. The summed E-state index contributed by atoms with van der Waals surface area (Å²) in [6, 6.07) is 0. The maximum atomic E-state index is 5.75. The number of rotatable bonds is 6. The molecule has 90 valence electrons. The van der Waals surface area contributed by atoms with Gasteiger partial charge in [-0.05, 0) is 50.6 Å². The molecule has 0 amide bonds. The fourth-order valence-corrected chi connectivity index (χ4v) is 2.79. The van der Waals surface area contributed by atoms with E-state index in [0.717, 1.165) is 17.7 Å². The average Bonchev–Trinajstić information content (AvgIpc) is 2.27. The summed E-state index contributed by atoms with van der Waals surface area (Å²) in [6.45, 7) is 8.59. The van der Waals surface area contributed by atoms with E-state index in [-0.39, 0.29) is 0 Å². The van der Waals surface area contributed by atoms with Crippen molar-refractivity contribution in [1.29, 1.82) is 0 Å². The summed E-state index contributed by atoms with van der Waals surface area (Å²) in [5.74, 6) is 2.57. The number of halogens is 1. The molecule has 0 bridgehead atoms. The smallest absolute Gasteiger partial charge is 0.0225 e. The molecule has 0 N–H and O–H groups in total. The van der Waals surface area contributed by atoms with E-state index >= 15 is 0 Å². The zero-order valence-electron chi connectivity index (χ0n) is 10.3. The highest BCUT2D eigenvalue weighted by Crippen LogP contribution is 2.20. The van der Waals surface area contributed by atoms with E-state index < -0.39 is 0 Å². The second-order valence-electron chi connectivity index (χ2n) is 5.09. The highest BCUT2D eigenvalue weighted by Gasteiger charge is 2.18. The molecular weight excluding hydrogens is 206 g/mol. The standard InChI is InChI=1S/C13H26ClN/c1-3-13-5-4-9-15(11-13)10-7-12(2)6-8-14/h12-13H,3-11H2,1-2H3. The van der Waals surface area contributed by atoms with Gasteiger partial charge in [-0.25, -0.2) is 0 Å². The molecule has 0 aromatic carbocycles. The SMILES string of the molecule is CCC1CCCN(CCC(C)CCCl)C1. The fourth-order valence-electron chi connectivity index (χ4n) is 2.42. The number of alkyl halides is 1. The lowest BCUT2D eigenvalue weighted by Crippen LogP contribution is -2.36. The van der Waals surface area contributed by atoms with Crippen molar-refractivity contribution in [3.05, 3.63) is 0 Å². The first kappa shape index (κ1) is 13.3. The molecule has 1 nitrogen and oxygen atoms in total. The summed E-state index contributed by atoms with van der Waals surface area (Å²) in [4.78, 5) is 2.66. The molecule has 1 aliphatic rings. The van der Waals surface area contributed by atoms with E-state index in [1.54, 1.807) is 0 Å².